The fourth-order valence-electron chi connectivity index (χ4n) is 4.87. The molecule has 2 aromatic rings. The number of rotatable bonds is 8. The van der Waals surface area contributed by atoms with Crippen molar-refractivity contribution in [2.24, 2.45) is 0 Å². The summed E-state index contributed by atoms with van der Waals surface area (Å²) in [5, 5.41) is 11.8. The van der Waals surface area contributed by atoms with E-state index in [0.29, 0.717) is 35.5 Å². The molecule has 0 spiro atoms. The van der Waals surface area contributed by atoms with E-state index in [4.69, 9.17) is 9.84 Å². The molecule has 1 aliphatic heterocycles. The Labute approximate surface area is 202 Å². The minimum absolute atomic E-state index is 0.00324. The van der Waals surface area contributed by atoms with Crippen LogP contribution in [0.2, 0.25) is 0 Å². The maximum absolute atomic E-state index is 13.7. The van der Waals surface area contributed by atoms with Crippen LogP contribution in [0.25, 0.3) is 0 Å². The summed E-state index contributed by atoms with van der Waals surface area (Å²) in [5.74, 6) is -0.853. The number of aliphatic carboxylic acids is 1. The summed E-state index contributed by atoms with van der Waals surface area (Å²) in [6.45, 7) is 2.28. The summed E-state index contributed by atoms with van der Waals surface area (Å²) in [4.78, 5) is 25.5. The fraction of sp³-hybridized carbons (Fsp3) is 0.462. The maximum atomic E-state index is 13.7. The largest absolute Gasteiger partial charge is 0.489 e. The van der Waals surface area contributed by atoms with Crippen LogP contribution in [0.4, 0.5) is 18.9 Å². The van der Waals surface area contributed by atoms with Crippen LogP contribution in [0.3, 0.4) is 0 Å². The molecule has 0 bridgehead atoms. The molecule has 1 saturated carbocycles. The number of nitrogens with one attached hydrogen (secondary N) is 1. The molecule has 9 heteroatoms. The van der Waals surface area contributed by atoms with Crippen molar-refractivity contribution in [3.05, 3.63) is 58.1 Å². The van der Waals surface area contributed by atoms with E-state index in [0.717, 1.165) is 30.4 Å². The Morgan fingerprint density at radius 2 is 1.97 bits per heavy atom. The fourth-order valence-corrected chi connectivity index (χ4v) is 4.87. The van der Waals surface area contributed by atoms with E-state index in [1.807, 2.05) is 6.92 Å². The molecular weight excluding hydrogens is 461 g/mol. The van der Waals surface area contributed by atoms with Gasteiger partial charge in [-0.2, -0.15) is 13.2 Å². The van der Waals surface area contributed by atoms with Crippen molar-refractivity contribution in [2.45, 2.75) is 63.8 Å². The monoisotopic (exact) mass is 490 g/mol. The minimum atomic E-state index is -4.41. The first-order chi connectivity index (χ1) is 16.6. The molecule has 2 aliphatic rings. The van der Waals surface area contributed by atoms with Crippen molar-refractivity contribution in [3.8, 4) is 5.75 Å². The number of alkyl halides is 3. The standard InChI is InChI=1S/C26H29F3N2O4/c1-15-18-10-11-31(25(34)21(30-2)13-24(32)33)22(18)8-9-23(15)35-14-16-6-7-19(17-4-3-5-17)20(12-16)26(27,28)29/h6-9,12,17,21,30H,3-5,10-11,13-14H2,1-2H3,(H,32,33)/t21-/m1/s1. The minimum Gasteiger partial charge on any atom is -0.489 e. The predicted molar refractivity (Wildman–Crippen MR) is 125 cm³/mol. The molecule has 0 unspecified atom stereocenters. The first-order valence-corrected chi connectivity index (χ1v) is 11.8. The Morgan fingerprint density at radius 1 is 1.23 bits per heavy atom. The van der Waals surface area contributed by atoms with Gasteiger partial charge in [-0.25, -0.2) is 0 Å². The van der Waals surface area contributed by atoms with Gasteiger partial charge in [-0.15, -0.1) is 0 Å². The Hall–Kier alpha value is -3.07. The third-order valence-electron chi connectivity index (χ3n) is 7.05. The topological polar surface area (TPSA) is 78.9 Å². The number of carboxylic acids is 1. The van der Waals surface area contributed by atoms with Crippen molar-refractivity contribution in [2.75, 3.05) is 18.5 Å². The van der Waals surface area contributed by atoms with Gasteiger partial charge < -0.3 is 20.1 Å². The molecule has 4 rings (SSSR count). The number of halogens is 3. The highest BCUT2D eigenvalue weighted by molar-refractivity contribution is 6.00. The van der Waals surface area contributed by atoms with E-state index in [2.05, 4.69) is 5.32 Å². The normalized spacial score (nSPS) is 16.5. The lowest BCUT2D eigenvalue weighted by Gasteiger charge is -2.29. The lowest BCUT2D eigenvalue weighted by atomic mass is 9.78. The van der Waals surface area contributed by atoms with Crippen LogP contribution >= 0.6 is 0 Å². The Morgan fingerprint density at radius 3 is 2.57 bits per heavy atom. The number of likely N-dealkylation sites (N-methyl/N-ethyl adjacent to an activating group) is 1. The van der Waals surface area contributed by atoms with E-state index in [-0.39, 0.29) is 24.9 Å². The van der Waals surface area contributed by atoms with Gasteiger partial charge in [-0.05, 0) is 79.6 Å². The van der Waals surface area contributed by atoms with Gasteiger partial charge in [0, 0.05) is 12.2 Å². The van der Waals surface area contributed by atoms with Crippen molar-refractivity contribution >= 4 is 17.6 Å². The lowest BCUT2D eigenvalue weighted by molar-refractivity contribution is -0.139. The van der Waals surface area contributed by atoms with Gasteiger partial charge in [0.25, 0.3) is 0 Å². The number of anilines is 1. The number of benzene rings is 2. The third-order valence-corrected chi connectivity index (χ3v) is 7.05. The van der Waals surface area contributed by atoms with Gasteiger partial charge in [0.2, 0.25) is 5.91 Å². The number of carbonyl (C=O) groups excluding carboxylic acids is 1. The molecule has 1 atom stereocenters. The zero-order chi connectivity index (χ0) is 25.3. The second-order valence-electron chi connectivity index (χ2n) is 9.20. The van der Waals surface area contributed by atoms with E-state index in [1.54, 1.807) is 36.2 Å². The number of nitrogens with zero attached hydrogens (tertiary/aromatic N) is 1. The Balaban J connectivity index is 1.50. The molecular formula is C26H29F3N2O4. The molecule has 6 nitrogen and oxygen atoms in total. The highest BCUT2D eigenvalue weighted by Crippen LogP contribution is 2.43. The van der Waals surface area contributed by atoms with Crippen LogP contribution in [0.1, 0.15) is 59.4 Å². The highest BCUT2D eigenvalue weighted by Gasteiger charge is 2.37. The van der Waals surface area contributed by atoms with Gasteiger partial charge in [0.15, 0.2) is 0 Å². The molecule has 2 aromatic carbocycles. The Kier molecular flexibility index (Phi) is 7.07. The zero-order valence-electron chi connectivity index (χ0n) is 19.7. The van der Waals surface area contributed by atoms with Crippen molar-refractivity contribution in [1.29, 1.82) is 0 Å². The predicted octanol–water partition coefficient (Wildman–Crippen LogP) is 4.81. The number of fused-ring (bicyclic) bond motifs is 1. The van der Waals surface area contributed by atoms with Gasteiger partial charge >= 0.3 is 12.1 Å². The quantitative estimate of drug-likeness (QED) is 0.555. The lowest BCUT2D eigenvalue weighted by Crippen LogP contribution is -2.45. The van der Waals surface area contributed by atoms with E-state index < -0.39 is 23.8 Å². The molecule has 1 heterocycles. The summed E-state index contributed by atoms with van der Waals surface area (Å²) in [6.07, 6.45) is -1.60. The first kappa shape index (κ1) is 25.0. The zero-order valence-corrected chi connectivity index (χ0v) is 19.7. The molecule has 0 radical (unpaired) electrons. The van der Waals surface area contributed by atoms with Crippen LogP contribution in [0.15, 0.2) is 30.3 Å². The maximum Gasteiger partial charge on any atom is 0.416 e. The third kappa shape index (κ3) is 5.15. The second-order valence-corrected chi connectivity index (χ2v) is 9.20. The van der Waals surface area contributed by atoms with Gasteiger partial charge in [-0.3, -0.25) is 9.59 Å². The highest BCUT2D eigenvalue weighted by atomic mass is 19.4. The molecule has 35 heavy (non-hydrogen) atoms. The number of amides is 1. The van der Waals surface area contributed by atoms with E-state index >= 15 is 0 Å². The Bertz CT molecular complexity index is 1130. The van der Waals surface area contributed by atoms with Gasteiger partial charge in [0.05, 0.1) is 18.0 Å². The van der Waals surface area contributed by atoms with Crippen LogP contribution in [0.5, 0.6) is 5.75 Å². The van der Waals surface area contributed by atoms with Gasteiger partial charge in [0.1, 0.15) is 12.4 Å². The summed E-state index contributed by atoms with van der Waals surface area (Å²) in [7, 11) is 1.55. The van der Waals surface area contributed by atoms with Crippen LogP contribution in [-0.4, -0.2) is 36.6 Å². The van der Waals surface area contributed by atoms with Crippen molar-refractivity contribution in [3.63, 3.8) is 0 Å². The molecule has 188 valence electrons. The van der Waals surface area contributed by atoms with E-state index in [9.17, 15) is 22.8 Å². The number of hydrogen-bond acceptors (Lipinski definition) is 4. The summed E-state index contributed by atoms with van der Waals surface area (Å²) < 4.78 is 46.9. The van der Waals surface area contributed by atoms with Crippen molar-refractivity contribution in [1.82, 2.24) is 5.32 Å². The second kappa shape index (κ2) is 9.89. The smallest absolute Gasteiger partial charge is 0.416 e. The first-order valence-electron chi connectivity index (χ1n) is 11.8. The average Bonchev–Trinajstić information content (AvgIpc) is 3.20. The molecule has 1 fully saturated rings. The molecule has 0 aromatic heterocycles. The number of carbonyl (C=O) groups is 2. The molecule has 0 saturated heterocycles. The van der Waals surface area contributed by atoms with Crippen LogP contribution in [-0.2, 0) is 28.8 Å². The van der Waals surface area contributed by atoms with Gasteiger partial charge in [-0.1, -0.05) is 18.6 Å². The summed E-state index contributed by atoms with van der Waals surface area (Å²) >= 11 is 0. The molecule has 1 amide bonds. The van der Waals surface area contributed by atoms with E-state index in [1.165, 1.54) is 6.07 Å². The summed E-state index contributed by atoms with van der Waals surface area (Å²) in [5.41, 5.74) is 2.67. The number of hydrogen-bond donors (Lipinski definition) is 2. The SMILES string of the molecule is CN[C@H](CC(=O)O)C(=O)N1CCc2c1ccc(OCc1ccc(C3CCC3)c(C(F)(F)F)c1)c2C. The molecule has 2 N–H and O–H groups in total. The molecule has 1 aliphatic carbocycles. The summed E-state index contributed by atoms with van der Waals surface area (Å²) in [6, 6.07) is 7.10. The average molecular weight is 491 g/mol. The van der Waals surface area contributed by atoms with Crippen molar-refractivity contribution < 1.29 is 32.6 Å². The number of ether oxygens (including phenoxy) is 1. The number of carboxylic acid groups (broad SMARTS) is 1. The van der Waals surface area contributed by atoms with Crippen LogP contribution < -0.4 is 15.0 Å². The van der Waals surface area contributed by atoms with Crippen LogP contribution in [0, 0.1) is 6.92 Å².